The molecule has 5 rings (SSSR count). The molecule has 35 heavy (non-hydrogen) atoms. The zero-order chi connectivity index (χ0) is 24.7. The fourth-order valence-electron chi connectivity index (χ4n) is 4.51. The molecule has 2 aromatic carbocycles. The van der Waals surface area contributed by atoms with Crippen LogP contribution in [-0.4, -0.2) is 65.7 Å². The lowest BCUT2D eigenvalue weighted by molar-refractivity contribution is 0.0886. The molecule has 1 N–H and O–H groups in total. The maximum Gasteiger partial charge on any atom is 0.415 e. The van der Waals surface area contributed by atoms with E-state index in [0.29, 0.717) is 39.8 Å². The van der Waals surface area contributed by atoms with E-state index in [4.69, 9.17) is 14.2 Å². The van der Waals surface area contributed by atoms with Crippen LogP contribution in [-0.2, 0) is 0 Å². The SMILES string of the molecule is COc1cc2nccc(Oc3ccc4[nH]c(C)cc4c3F)c2cc1OC(=O)N1CCN(C)C[C@H]1C. The van der Waals surface area contributed by atoms with Crippen LogP contribution in [0.2, 0.25) is 0 Å². The Hall–Kier alpha value is -3.85. The number of amides is 1. The number of ether oxygens (including phenoxy) is 3. The van der Waals surface area contributed by atoms with E-state index in [1.54, 1.807) is 47.5 Å². The first-order chi connectivity index (χ1) is 16.8. The van der Waals surface area contributed by atoms with Crippen molar-refractivity contribution in [3.63, 3.8) is 0 Å². The van der Waals surface area contributed by atoms with E-state index in [0.717, 1.165) is 18.8 Å². The van der Waals surface area contributed by atoms with Gasteiger partial charge < -0.3 is 29.0 Å². The van der Waals surface area contributed by atoms with Gasteiger partial charge in [-0.25, -0.2) is 9.18 Å². The van der Waals surface area contributed by atoms with Gasteiger partial charge in [0.15, 0.2) is 23.1 Å². The number of halogens is 1. The van der Waals surface area contributed by atoms with Crippen molar-refractivity contribution in [2.24, 2.45) is 0 Å². The third-order valence-corrected chi connectivity index (χ3v) is 6.31. The summed E-state index contributed by atoms with van der Waals surface area (Å²) >= 11 is 0. The number of rotatable bonds is 4. The number of likely N-dealkylation sites (N-methyl/N-ethyl adjacent to an activating group) is 1. The number of carbonyl (C=O) groups is 1. The predicted molar refractivity (Wildman–Crippen MR) is 131 cm³/mol. The number of aryl methyl sites for hydroxylation is 1. The van der Waals surface area contributed by atoms with Gasteiger partial charge in [0.25, 0.3) is 0 Å². The molecule has 1 aliphatic heterocycles. The van der Waals surface area contributed by atoms with Crippen LogP contribution in [0.25, 0.3) is 21.8 Å². The Morgan fingerprint density at radius 3 is 2.69 bits per heavy atom. The lowest BCUT2D eigenvalue weighted by Gasteiger charge is -2.37. The summed E-state index contributed by atoms with van der Waals surface area (Å²) in [5, 5.41) is 1.02. The summed E-state index contributed by atoms with van der Waals surface area (Å²) < 4.78 is 32.4. The lowest BCUT2D eigenvalue weighted by atomic mass is 10.1. The van der Waals surface area contributed by atoms with E-state index < -0.39 is 11.9 Å². The Labute approximate surface area is 202 Å². The molecular formula is C26H27FN4O4. The van der Waals surface area contributed by atoms with Gasteiger partial charge in [-0.2, -0.15) is 0 Å². The van der Waals surface area contributed by atoms with Crippen molar-refractivity contribution >= 4 is 27.9 Å². The fraction of sp³-hybridized carbons (Fsp3) is 0.308. The lowest BCUT2D eigenvalue weighted by Crippen LogP contribution is -2.53. The molecule has 8 nitrogen and oxygen atoms in total. The zero-order valence-electron chi connectivity index (χ0n) is 20.1. The summed E-state index contributed by atoms with van der Waals surface area (Å²) in [4.78, 5) is 24.3. The van der Waals surface area contributed by atoms with Crippen LogP contribution in [0.1, 0.15) is 12.6 Å². The number of aromatic amines is 1. The van der Waals surface area contributed by atoms with Gasteiger partial charge >= 0.3 is 6.09 Å². The number of nitrogens with zero attached hydrogens (tertiary/aromatic N) is 3. The summed E-state index contributed by atoms with van der Waals surface area (Å²) in [5.74, 6) is 0.623. The van der Waals surface area contributed by atoms with Crippen molar-refractivity contribution in [3.05, 3.63) is 54.1 Å². The highest BCUT2D eigenvalue weighted by molar-refractivity contribution is 5.89. The van der Waals surface area contributed by atoms with Gasteiger partial charge in [0.1, 0.15) is 5.75 Å². The summed E-state index contributed by atoms with van der Waals surface area (Å²) in [6.45, 7) is 5.97. The number of nitrogens with one attached hydrogen (secondary N) is 1. The topological polar surface area (TPSA) is 79.9 Å². The number of hydrogen-bond acceptors (Lipinski definition) is 6. The number of hydrogen-bond donors (Lipinski definition) is 1. The maximum atomic E-state index is 15.1. The summed E-state index contributed by atoms with van der Waals surface area (Å²) in [5.41, 5.74) is 2.12. The number of H-pyrrole nitrogens is 1. The van der Waals surface area contributed by atoms with Crippen LogP contribution < -0.4 is 14.2 Å². The first-order valence-electron chi connectivity index (χ1n) is 11.4. The van der Waals surface area contributed by atoms with Crippen LogP contribution in [0.15, 0.2) is 42.6 Å². The molecule has 4 aromatic rings. The molecule has 0 radical (unpaired) electrons. The number of methoxy groups -OCH3 is 1. The zero-order valence-corrected chi connectivity index (χ0v) is 20.1. The number of carbonyl (C=O) groups excluding carboxylic acids is 1. The molecule has 1 aliphatic rings. The van der Waals surface area contributed by atoms with Crippen molar-refractivity contribution in [1.82, 2.24) is 19.8 Å². The van der Waals surface area contributed by atoms with E-state index in [-0.39, 0.29) is 17.5 Å². The van der Waals surface area contributed by atoms with Crippen molar-refractivity contribution in [1.29, 1.82) is 0 Å². The van der Waals surface area contributed by atoms with E-state index in [1.807, 2.05) is 20.9 Å². The fourth-order valence-corrected chi connectivity index (χ4v) is 4.51. The second-order valence-corrected chi connectivity index (χ2v) is 8.90. The van der Waals surface area contributed by atoms with E-state index in [2.05, 4.69) is 14.9 Å². The number of benzene rings is 2. The van der Waals surface area contributed by atoms with Gasteiger partial charge in [0.05, 0.1) is 12.6 Å². The number of piperazine rings is 1. The van der Waals surface area contributed by atoms with Gasteiger partial charge in [-0.3, -0.25) is 4.98 Å². The van der Waals surface area contributed by atoms with Crippen LogP contribution in [0, 0.1) is 12.7 Å². The summed E-state index contributed by atoms with van der Waals surface area (Å²) in [7, 11) is 3.53. The Morgan fingerprint density at radius 1 is 1.09 bits per heavy atom. The number of fused-ring (bicyclic) bond motifs is 2. The van der Waals surface area contributed by atoms with Gasteiger partial charge in [-0.1, -0.05) is 0 Å². The highest BCUT2D eigenvalue weighted by atomic mass is 19.1. The average Bonchev–Trinajstić information content (AvgIpc) is 3.22. The molecule has 0 bridgehead atoms. The Bertz CT molecular complexity index is 1420. The maximum absolute atomic E-state index is 15.1. The molecule has 0 saturated carbocycles. The molecule has 1 fully saturated rings. The Kier molecular flexibility index (Phi) is 5.94. The minimum absolute atomic E-state index is 0.0169. The molecular weight excluding hydrogens is 451 g/mol. The van der Waals surface area contributed by atoms with Gasteiger partial charge in [-0.05, 0) is 51.2 Å². The third kappa shape index (κ3) is 4.35. The van der Waals surface area contributed by atoms with Gasteiger partial charge in [-0.15, -0.1) is 0 Å². The second-order valence-electron chi connectivity index (χ2n) is 8.90. The van der Waals surface area contributed by atoms with Gasteiger partial charge in [0, 0.05) is 59.9 Å². The molecule has 0 aliphatic carbocycles. The molecule has 0 unspecified atom stereocenters. The first kappa shape index (κ1) is 22.9. The first-order valence-corrected chi connectivity index (χ1v) is 11.4. The van der Waals surface area contributed by atoms with Crippen molar-refractivity contribution in [3.8, 4) is 23.0 Å². The van der Waals surface area contributed by atoms with Crippen molar-refractivity contribution in [2.45, 2.75) is 19.9 Å². The highest BCUT2D eigenvalue weighted by Crippen LogP contribution is 2.38. The molecule has 1 saturated heterocycles. The van der Waals surface area contributed by atoms with Crippen LogP contribution >= 0.6 is 0 Å². The number of aromatic nitrogens is 2. The van der Waals surface area contributed by atoms with E-state index >= 15 is 4.39 Å². The third-order valence-electron chi connectivity index (χ3n) is 6.31. The predicted octanol–water partition coefficient (Wildman–Crippen LogP) is 5.10. The largest absolute Gasteiger partial charge is 0.493 e. The minimum Gasteiger partial charge on any atom is -0.493 e. The Balaban J connectivity index is 1.49. The molecule has 1 atom stereocenters. The normalized spacial score (nSPS) is 16.6. The molecule has 9 heteroatoms. The van der Waals surface area contributed by atoms with Crippen LogP contribution in [0.4, 0.5) is 9.18 Å². The Morgan fingerprint density at radius 2 is 1.91 bits per heavy atom. The van der Waals surface area contributed by atoms with Crippen molar-refractivity contribution in [2.75, 3.05) is 33.8 Å². The van der Waals surface area contributed by atoms with Crippen molar-refractivity contribution < 1.29 is 23.4 Å². The standard InChI is InChI=1S/C26H27FN4O4/c1-15-11-18-19(29-15)5-6-22(25(18)27)34-21-7-8-28-20-13-23(33-4)24(12-17(20)21)35-26(32)31-10-9-30(3)14-16(31)2/h5-8,11-13,16,29H,9-10,14H2,1-4H3/t16-/m1/s1. The van der Waals surface area contributed by atoms with E-state index in [1.165, 1.54) is 7.11 Å². The summed E-state index contributed by atoms with van der Waals surface area (Å²) in [6, 6.07) is 10.1. The monoisotopic (exact) mass is 478 g/mol. The van der Waals surface area contributed by atoms with E-state index in [9.17, 15) is 4.79 Å². The molecule has 0 spiro atoms. The molecule has 182 valence electrons. The minimum atomic E-state index is -0.457. The summed E-state index contributed by atoms with van der Waals surface area (Å²) in [6.07, 6.45) is 1.12. The second kappa shape index (κ2) is 9.07. The number of pyridine rings is 1. The highest BCUT2D eigenvalue weighted by Gasteiger charge is 2.28. The molecule has 2 aromatic heterocycles. The van der Waals surface area contributed by atoms with Crippen LogP contribution in [0.5, 0.6) is 23.0 Å². The van der Waals surface area contributed by atoms with Gasteiger partial charge in [0.2, 0.25) is 0 Å². The smallest absolute Gasteiger partial charge is 0.415 e. The average molecular weight is 479 g/mol. The quantitative estimate of drug-likeness (QED) is 0.440. The molecule has 1 amide bonds. The molecule has 3 heterocycles. The van der Waals surface area contributed by atoms with Crippen LogP contribution in [0.3, 0.4) is 0 Å².